The summed E-state index contributed by atoms with van der Waals surface area (Å²) in [7, 11) is 0. The van der Waals surface area contributed by atoms with Crippen LogP contribution in [0.1, 0.15) is 73.2 Å². The zero-order valence-corrected chi connectivity index (χ0v) is 18.1. The summed E-state index contributed by atoms with van der Waals surface area (Å²) in [6.45, 7) is 3.95. The smallest absolute Gasteiger partial charge is 0.258 e. The molecule has 0 saturated heterocycles. The molecule has 1 aliphatic carbocycles. The van der Waals surface area contributed by atoms with Crippen molar-refractivity contribution in [3.63, 3.8) is 0 Å². The van der Waals surface area contributed by atoms with E-state index in [9.17, 15) is 13.6 Å². The van der Waals surface area contributed by atoms with Crippen molar-refractivity contribution in [1.29, 1.82) is 0 Å². The van der Waals surface area contributed by atoms with Crippen molar-refractivity contribution in [2.24, 2.45) is 0 Å². The van der Waals surface area contributed by atoms with Gasteiger partial charge < -0.3 is 5.32 Å². The van der Waals surface area contributed by atoms with Crippen LogP contribution in [-0.4, -0.2) is 31.8 Å². The van der Waals surface area contributed by atoms with E-state index in [1.165, 1.54) is 12.4 Å². The number of pyridine rings is 2. The number of halogens is 2. The highest BCUT2D eigenvalue weighted by Crippen LogP contribution is 2.44. The van der Waals surface area contributed by atoms with E-state index in [1.807, 2.05) is 26.0 Å². The second kappa shape index (κ2) is 9.06. The summed E-state index contributed by atoms with van der Waals surface area (Å²) in [6, 6.07) is 7.27. The first-order valence-corrected chi connectivity index (χ1v) is 10.8. The van der Waals surface area contributed by atoms with Crippen LogP contribution in [0.3, 0.4) is 0 Å². The molecule has 3 aromatic rings. The van der Waals surface area contributed by atoms with E-state index in [4.69, 9.17) is 0 Å². The lowest BCUT2D eigenvalue weighted by atomic mass is 9.83. The maximum absolute atomic E-state index is 13.7. The number of aromatic nitrogens is 4. The second-order valence-corrected chi connectivity index (χ2v) is 8.40. The van der Waals surface area contributed by atoms with E-state index in [-0.39, 0.29) is 30.6 Å². The van der Waals surface area contributed by atoms with Crippen LogP contribution in [0.2, 0.25) is 0 Å². The average Bonchev–Trinajstić information content (AvgIpc) is 2.80. The predicted molar refractivity (Wildman–Crippen MR) is 118 cm³/mol. The van der Waals surface area contributed by atoms with Gasteiger partial charge in [0.15, 0.2) is 0 Å². The van der Waals surface area contributed by atoms with Gasteiger partial charge in [0.1, 0.15) is 5.82 Å². The first-order chi connectivity index (χ1) is 15.3. The Hall–Kier alpha value is -3.29. The van der Waals surface area contributed by atoms with Crippen LogP contribution in [0.4, 0.5) is 14.5 Å². The zero-order chi connectivity index (χ0) is 22.7. The Balaban J connectivity index is 1.70. The van der Waals surface area contributed by atoms with E-state index >= 15 is 0 Å². The summed E-state index contributed by atoms with van der Waals surface area (Å²) < 4.78 is 27.5. The largest absolute Gasteiger partial charge is 0.320 e. The molecular formula is C24H25F2N5O. The standard InChI is InChI=1S/C24H25F2N5O/c1-15(2)22-29-13-17(14-30-22)23(32)31-21-18(19-5-3-4-11-27-19)8-12-28-20(21)16-6-9-24(25,26)10-7-16/h3-5,8,11-16H,6-7,9-10H2,1-2H3,(H,31,32). The topological polar surface area (TPSA) is 80.7 Å². The molecule has 0 bridgehead atoms. The van der Waals surface area contributed by atoms with Gasteiger partial charge in [0.25, 0.3) is 5.91 Å². The Bertz CT molecular complexity index is 1080. The van der Waals surface area contributed by atoms with E-state index in [0.29, 0.717) is 46.9 Å². The van der Waals surface area contributed by atoms with Gasteiger partial charge in [-0.1, -0.05) is 19.9 Å². The van der Waals surface area contributed by atoms with Crippen LogP contribution in [-0.2, 0) is 0 Å². The fraction of sp³-hybridized carbons (Fsp3) is 0.375. The van der Waals surface area contributed by atoms with Crippen LogP contribution in [0.5, 0.6) is 0 Å². The third kappa shape index (κ3) is 4.79. The van der Waals surface area contributed by atoms with Crippen LogP contribution in [0.25, 0.3) is 11.3 Å². The van der Waals surface area contributed by atoms with Gasteiger partial charge in [-0.25, -0.2) is 18.7 Å². The summed E-state index contributed by atoms with van der Waals surface area (Å²) in [6.07, 6.45) is 6.53. The number of hydrogen-bond acceptors (Lipinski definition) is 5. The molecule has 0 unspecified atom stereocenters. The normalized spacial score (nSPS) is 16.2. The number of carbonyl (C=O) groups excluding carboxylic acids is 1. The molecule has 8 heteroatoms. The monoisotopic (exact) mass is 437 g/mol. The molecule has 1 amide bonds. The Kier molecular flexibility index (Phi) is 6.21. The van der Waals surface area contributed by atoms with Gasteiger partial charge in [-0.15, -0.1) is 0 Å². The van der Waals surface area contributed by atoms with Gasteiger partial charge in [0.05, 0.1) is 22.6 Å². The quantitative estimate of drug-likeness (QED) is 0.562. The van der Waals surface area contributed by atoms with Crippen LogP contribution < -0.4 is 5.32 Å². The number of amides is 1. The lowest BCUT2D eigenvalue weighted by Gasteiger charge is -2.29. The molecule has 32 heavy (non-hydrogen) atoms. The number of carbonyl (C=O) groups is 1. The lowest BCUT2D eigenvalue weighted by Crippen LogP contribution is -2.25. The fourth-order valence-corrected chi connectivity index (χ4v) is 3.91. The van der Waals surface area contributed by atoms with Crippen LogP contribution in [0.15, 0.2) is 49.1 Å². The van der Waals surface area contributed by atoms with E-state index in [1.54, 1.807) is 24.5 Å². The minimum atomic E-state index is -2.64. The summed E-state index contributed by atoms with van der Waals surface area (Å²) in [5.74, 6) is -2.40. The van der Waals surface area contributed by atoms with Crippen molar-refractivity contribution in [1.82, 2.24) is 19.9 Å². The highest BCUT2D eigenvalue weighted by Gasteiger charge is 2.37. The molecule has 1 saturated carbocycles. The van der Waals surface area contributed by atoms with Gasteiger partial charge in [-0.2, -0.15) is 0 Å². The van der Waals surface area contributed by atoms with Crippen molar-refractivity contribution in [3.8, 4) is 11.3 Å². The van der Waals surface area contributed by atoms with Gasteiger partial charge >= 0.3 is 0 Å². The second-order valence-electron chi connectivity index (χ2n) is 8.40. The third-order valence-corrected chi connectivity index (χ3v) is 5.71. The molecule has 0 spiro atoms. The first-order valence-electron chi connectivity index (χ1n) is 10.8. The molecule has 1 aliphatic rings. The molecular weight excluding hydrogens is 412 g/mol. The van der Waals surface area contributed by atoms with Crippen molar-refractivity contribution in [3.05, 3.63) is 66.1 Å². The predicted octanol–water partition coefficient (Wildman–Crippen LogP) is 5.60. The molecule has 0 radical (unpaired) electrons. The maximum Gasteiger partial charge on any atom is 0.258 e. The SMILES string of the molecule is CC(C)c1ncc(C(=O)Nc2c(-c3ccccn3)ccnc2C2CCC(F)(F)CC2)cn1. The molecule has 6 nitrogen and oxygen atoms in total. The fourth-order valence-electron chi connectivity index (χ4n) is 3.91. The molecule has 0 aromatic carbocycles. The molecule has 3 heterocycles. The highest BCUT2D eigenvalue weighted by atomic mass is 19.3. The third-order valence-electron chi connectivity index (χ3n) is 5.71. The molecule has 0 atom stereocenters. The number of alkyl halides is 2. The van der Waals surface area contributed by atoms with Crippen molar-refractivity contribution >= 4 is 11.6 Å². The molecule has 4 rings (SSSR count). The van der Waals surface area contributed by atoms with Gasteiger partial charge in [-0.3, -0.25) is 14.8 Å². The average molecular weight is 437 g/mol. The number of nitrogens with one attached hydrogen (secondary N) is 1. The summed E-state index contributed by atoms with van der Waals surface area (Å²) in [4.78, 5) is 30.5. The van der Waals surface area contributed by atoms with Crippen LogP contribution in [0, 0.1) is 0 Å². The Morgan fingerprint density at radius 1 is 1.03 bits per heavy atom. The molecule has 3 aromatic heterocycles. The summed E-state index contributed by atoms with van der Waals surface area (Å²) in [5, 5.41) is 2.95. The molecule has 1 N–H and O–H groups in total. The summed E-state index contributed by atoms with van der Waals surface area (Å²) in [5.41, 5.74) is 2.78. The minimum Gasteiger partial charge on any atom is -0.320 e. The van der Waals surface area contributed by atoms with Gasteiger partial charge in [0.2, 0.25) is 5.92 Å². The summed E-state index contributed by atoms with van der Waals surface area (Å²) >= 11 is 0. The zero-order valence-electron chi connectivity index (χ0n) is 18.1. The number of hydrogen-bond donors (Lipinski definition) is 1. The van der Waals surface area contributed by atoms with Gasteiger partial charge in [0, 0.05) is 55.0 Å². The Labute approximate surface area is 185 Å². The number of nitrogens with zero attached hydrogens (tertiary/aromatic N) is 4. The molecule has 1 fully saturated rings. The molecule has 166 valence electrons. The van der Waals surface area contributed by atoms with E-state index in [2.05, 4.69) is 25.3 Å². The maximum atomic E-state index is 13.7. The lowest BCUT2D eigenvalue weighted by molar-refractivity contribution is -0.0384. The Morgan fingerprint density at radius 2 is 1.75 bits per heavy atom. The van der Waals surface area contributed by atoms with Gasteiger partial charge in [-0.05, 0) is 31.0 Å². The van der Waals surface area contributed by atoms with Crippen molar-refractivity contribution < 1.29 is 13.6 Å². The van der Waals surface area contributed by atoms with Crippen molar-refractivity contribution in [2.75, 3.05) is 5.32 Å². The number of anilines is 1. The van der Waals surface area contributed by atoms with Crippen LogP contribution >= 0.6 is 0 Å². The number of rotatable bonds is 5. The Morgan fingerprint density at radius 3 is 2.38 bits per heavy atom. The first kappa shape index (κ1) is 21.9. The van der Waals surface area contributed by atoms with E-state index < -0.39 is 5.92 Å². The molecule has 0 aliphatic heterocycles. The van der Waals surface area contributed by atoms with Crippen molar-refractivity contribution in [2.45, 2.75) is 57.3 Å². The van der Waals surface area contributed by atoms with E-state index in [0.717, 1.165) is 0 Å². The highest BCUT2D eigenvalue weighted by molar-refractivity contribution is 6.06. The minimum absolute atomic E-state index is 0.150.